The van der Waals surface area contributed by atoms with Crippen LogP contribution in [0.3, 0.4) is 0 Å². The summed E-state index contributed by atoms with van der Waals surface area (Å²) in [6.07, 6.45) is 7.00. The van der Waals surface area contributed by atoms with E-state index in [4.69, 9.17) is 21.3 Å². The van der Waals surface area contributed by atoms with Gasteiger partial charge in [-0.3, -0.25) is 4.79 Å². The Morgan fingerprint density at radius 1 is 1.23 bits per heavy atom. The highest BCUT2D eigenvalue weighted by Gasteiger charge is 2.44. The number of ether oxygens (including phenoxy) is 1. The van der Waals surface area contributed by atoms with Gasteiger partial charge >= 0.3 is 6.01 Å². The Kier molecular flexibility index (Phi) is 8.77. The molecule has 2 aromatic rings. The number of aromatic nitrogens is 2. The molecule has 234 valence electrons. The Labute approximate surface area is 260 Å². The zero-order chi connectivity index (χ0) is 31.0. The average molecular weight is 602 g/mol. The molecule has 44 heavy (non-hydrogen) atoms. The van der Waals surface area contributed by atoms with Gasteiger partial charge in [-0.1, -0.05) is 12.6 Å². The van der Waals surface area contributed by atoms with Gasteiger partial charge in [0.2, 0.25) is 12.5 Å². The van der Waals surface area contributed by atoms with Crippen LogP contribution in [0.4, 0.5) is 15.9 Å². The van der Waals surface area contributed by atoms with Gasteiger partial charge in [-0.2, -0.15) is 9.97 Å². The van der Waals surface area contributed by atoms with E-state index >= 15 is 0 Å². The van der Waals surface area contributed by atoms with Crippen LogP contribution in [0.5, 0.6) is 6.01 Å². The molecule has 0 spiro atoms. The predicted octanol–water partition coefficient (Wildman–Crippen LogP) is 4.50. The fourth-order valence-electron chi connectivity index (χ4n) is 7.56. The summed E-state index contributed by atoms with van der Waals surface area (Å²) in [6, 6.07) is 6.01. The molecule has 3 unspecified atom stereocenters. The largest absolute Gasteiger partial charge is 0.460 e. The van der Waals surface area contributed by atoms with Crippen LogP contribution in [-0.2, 0) is 17.8 Å². The SMILES string of the molecule is [C-]#[N+]C[C@H]1CN(c2nc(O[C@H](C)C3CC3CC3CCCN3C)nc3c2CCN(c2cccc(F)c2C)C3)CCN1C(=O)C=C. The second kappa shape index (κ2) is 12.7. The maximum atomic E-state index is 14.5. The molecule has 0 radical (unpaired) electrons. The first-order chi connectivity index (χ1) is 21.3. The lowest BCUT2D eigenvalue weighted by atomic mass is 10.0. The maximum absolute atomic E-state index is 14.5. The molecule has 3 aliphatic heterocycles. The normalized spacial score (nSPS) is 25.8. The van der Waals surface area contributed by atoms with Gasteiger partial charge in [0.15, 0.2) is 0 Å². The molecular formula is C34H44FN7O2. The van der Waals surface area contributed by atoms with Crippen molar-refractivity contribution in [1.82, 2.24) is 19.8 Å². The fraction of sp³-hybridized carbons (Fsp3) is 0.588. The van der Waals surface area contributed by atoms with E-state index in [1.165, 1.54) is 44.4 Å². The van der Waals surface area contributed by atoms with Crippen LogP contribution in [0.15, 0.2) is 30.9 Å². The Bertz CT molecular complexity index is 1440. The van der Waals surface area contributed by atoms with Crippen LogP contribution >= 0.6 is 0 Å². The van der Waals surface area contributed by atoms with Gasteiger partial charge in [0.1, 0.15) is 23.8 Å². The molecule has 6 rings (SSSR count). The van der Waals surface area contributed by atoms with Crippen LogP contribution in [0.25, 0.3) is 4.85 Å². The molecule has 2 saturated heterocycles. The third kappa shape index (κ3) is 6.12. The molecule has 5 atom stereocenters. The van der Waals surface area contributed by atoms with Crippen molar-refractivity contribution in [2.24, 2.45) is 11.8 Å². The number of hydrogen-bond donors (Lipinski definition) is 0. The molecule has 4 aliphatic rings. The van der Waals surface area contributed by atoms with Gasteiger partial charge in [0.25, 0.3) is 0 Å². The Morgan fingerprint density at radius 3 is 2.82 bits per heavy atom. The minimum Gasteiger partial charge on any atom is -0.460 e. The van der Waals surface area contributed by atoms with Gasteiger partial charge < -0.3 is 29.2 Å². The summed E-state index contributed by atoms with van der Waals surface area (Å²) in [7, 11) is 2.24. The number of halogens is 1. The van der Waals surface area contributed by atoms with E-state index in [-0.39, 0.29) is 30.4 Å². The van der Waals surface area contributed by atoms with Crippen molar-refractivity contribution < 1.29 is 13.9 Å². The molecule has 0 N–H and O–H groups in total. The van der Waals surface area contributed by atoms with Crippen molar-refractivity contribution >= 4 is 17.4 Å². The van der Waals surface area contributed by atoms with Crippen LogP contribution in [-0.4, -0.2) is 90.2 Å². The number of likely N-dealkylation sites (tertiary alicyclic amines) is 1. The molecular weight excluding hydrogens is 557 g/mol. The number of carbonyl (C=O) groups is 1. The Morgan fingerprint density at radius 2 is 2.07 bits per heavy atom. The lowest BCUT2D eigenvalue weighted by molar-refractivity contribution is -0.128. The average Bonchev–Trinajstić information content (AvgIpc) is 3.69. The maximum Gasteiger partial charge on any atom is 0.318 e. The van der Waals surface area contributed by atoms with Crippen molar-refractivity contribution in [1.29, 1.82) is 0 Å². The standard InChI is InChI=1S/C34H44FN7O2/c1-6-32(43)42-16-15-41(20-26(42)19-36-4)33-27-12-14-40(31-11-7-10-29(35)22(31)2)21-30(27)37-34(38-33)44-23(3)28-18-24(28)17-25-9-8-13-39(25)5/h6-7,10-11,23-26,28H,1,8-9,12-21H2,2-3,5H3/t23-,24?,25?,26+,28?/m1/s1. The number of fused-ring (bicyclic) bond motifs is 1. The molecule has 4 heterocycles. The van der Waals surface area contributed by atoms with Gasteiger partial charge in [0, 0.05) is 49.0 Å². The summed E-state index contributed by atoms with van der Waals surface area (Å²) in [5, 5.41) is 0. The Balaban J connectivity index is 1.26. The van der Waals surface area contributed by atoms with Crippen molar-refractivity contribution in [3.63, 3.8) is 0 Å². The van der Waals surface area contributed by atoms with Crippen LogP contribution in [0, 0.1) is 31.1 Å². The van der Waals surface area contributed by atoms with E-state index in [0.717, 1.165) is 22.8 Å². The quantitative estimate of drug-likeness (QED) is 0.310. The molecule has 0 bridgehead atoms. The van der Waals surface area contributed by atoms with Crippen molar-refractivity contribution in [2.45, 2.75) is 70.7 Å². The summed E-state index contributed by atoms with van der Waals surface area (Å²) < 4.78 is 21.0. The van der Waals surface area contributed by atoms with Crippen LogP contribution < -0.4 is 14.5 Å². The molecule has 9 nitrogen and oxygen atoms in total. The van der Waals surface area contributed by atoms with Crippen molar-refractivity contribution in [2.75, 3.05) is 56.1 Å². The van der Waals surface area contributed by atoms with E-state index in [1.54, 1.807) is 11.0 Å². The third-order valence-corrected chi connectivity index (χ3v) is 10.3. The first-order valence-electron chi connectivity index (χ1n) is 16.0. The molecule has 1 aromatic carbocycles. The summed E-state index contributed by atoms with van der Waals surface area (Å²) in [5.41, 5.74) is 3.46. The van der Waals surface area contributed by atoms with Crippen LogP contribution in [0.2, 0.25) is 0 Å². The fourth-order valence-corrected chi connectivity index (χ4v) is 7.56. The molecule has 3 fully saturated rings. The molecule has 10 heteroatoms. The highest BCUT2D eigenvalue weighted by molar-refractivity contribution is 5.87. The van der Waals surface area contributed by atoms with E-state index in [0.29, 0.717) is 68.6 Å². The second-order valence-electron chi connectivity index (χ2n) is 13.0. The minimum atomic E-state index is -0.253. The summed E-state index contributed by atoms with van der Waals surface area (Å²) in [4.78, 5) is 34.8. The summed E-state index contributed by atoms with van der Waals surface area (Å²) in [6.45, 7) is 19.4. The first kappa shape index (κ1) is 30.3. The first-order valence-corrected chi connectivity index (χ1v) is 16.0. The zero-order valence-corrected chi connectivity index (χ0v) is 26.2. The zero-order valence-electron chi connectivity index (χ0n) is 26.2. The highest BCUT2D eigenvalue weighted by atomic mass is 19.1. The summed E-state index contributed by atoms with van der Waals surface area (Å²) >= 11 is 0. The number of hydrogen-bond acceptors (Lipinski definition) is 7. The topological polar surface area (TPSA) is 69.4 Å². The molecule has 1 aliphatic carbocycles. The number of amides is 1. The van der Waals surface area contributed by atoms with Gasteiger partial charge in [-0.15, -0.1) is 0 Å². The molecule has 1 aromatic heterocycles. The monoisotopic (exact) mass is 601 g/mol. The van der Waals surface area contributed by atoms with Gasteiger partial charge in [0.05, 0.1) is 12.2 Å². The van der Waals surface area contributed by atoms with Gasteiger partial charge in [-0.25, -0.2) is 11.0 Å². The predicted molar refractivity (Wildman–Crippen MR) is 169 cm³/mol. The minimum absolute atomic E-state index is 0.000287. The van der Waals surface area contributed by atoms with Crippen LogP contribution in [0.1, 0.15) is 49.4 Å². The second-order valence-corrected chi connectivity index (χ2v) is 13.0. The number of piperazine rings is 1. The van der Waals surface area contributed by atoms with E-state index in [9.17, 15) is 9.18 Å². The lowest BCUT2D eigenvalue weighted by Crippen LogP contribution is -2.56. The summed E-state index contributed by atoms with van der Waals surface area (Å²) in [5.74, 6) is 1.63. The van der Waals surface area contributed by atoms with Crippen molar-refractivity contribution in [3.05, 3.63) is 64.9 Å². The number of benzene rings is 1. The van der Waals surface area contributed by atoms with E-state index in [1.807, 2.05) is 13.0 Å². The van der Waals surface area contributed by atoms with E-state index < -0.39 is 0 Å². The molecule has 1 amide bonds. The molecule has 1 saturated carbocycles. The lowest BCUT2D eigenvalue weighted by Gasteiger charge is -2.41. The van der Waals surface area contributed by atoms with Crippen molar-refractivity contribution in [3.8, 4) is 6.01 Å². The Hall–Kier alpha value is -3.71. The third-order valence-electron chi connectivity index (χ3n) is 10.3. The highest BCUT2D eigenvalue weighted by Crippen LogP contribution is 2.47. The van der Waals surface area contributed by atoms with E-state index in [2.05, 4.69) is 40.1 Å². The number of rotatable bonds is 9. The number of carbonyl (C=O) groups excluding carboxylic acids is 1. The number of nitrogens with zero attached hydrogens (tertiary/aromatic N) is 7. The number of anilines is 2. The smallest absolute Gasteiger partial charge is 0.318 e. The van der Waals surface area contributed by atoms with Gasteiger partial charge in [-0.05, 0) is 89.6 Å².